The van der Waals surface area contributed by atoms with Gasteiger partial charge in [-0.25, -0.2) is 0 Å². The van der Waals surface area contributed by atoms with Crippen molar-refractivity contribution >= 4 is 0 Å². The Bertz CT molecular complexity index is 167. The molecule has 2 nitrogen and oxygen atoms in total. The Hall–Kier alpha value is -0.600. The molecule has 0 aliphatic heterocycles. The summed E-state index contributed by atoms with van der Waals surface area (Å²) in [4.78, 5) is 2.39. The largest absolute Gasteiger partial charge is 0.317 e. The molecular weight excluding hydrogens is 184 g/mol. The molecule has 0 saturated carbocycles. The molecule has 15 heavy (non-hydrogen) atoms. The first kappa shape index (κ1) is 14.4. The van der Waals surface area contributed by atoms with Gasteiger partial charge in [-0.15, -0.1) is 13.2 Å². The molecule has 88 valence electrons. The van der Waals surface area contributed by atoms with Crippen molar-refractivity contribution in [1.82, 2.24) is 10.2 Å². The topological polar surface area (TPSA) is 15.3 Å². The van der Waals surface area contributed by atoms with Crippen LogP contribution >= 0.6 is 0 Å². The van der Waals surface area contributed by atoms with Crippen molar-refractivity contribution < 1.29 is 0 Å². The second-order valence-electron chi connectivity index (χ2n) is 4.06. The average molecular weight is 210 g/mol. The van der Waals surface area contributed by atoms with Crippen molar-refractivity contribution in [1.29, 1.82) is 0 Å². The van der Waals surface area contributed by atoms with Crippen molar-refractivity contribution in [3.8, 4) is 0 Å². The zero-order valence-electron chi connectivity index (χ0n) is 10.5. The third kappa shape index (κ3) is 5.75. The van der Waals surface area contributed by atoms with E-state index in [1.165, 1.54) is 0 Å². The van der Waals surface area contributed by atoms with Gasteiger partial charge in [0.05, 0.1) is 0 Å². The van der Waals surface area contributed by atoms with E-state index >= 15 is 0 Å². The summed E-state index contributed by atoms with van der Waals surface area (Å²) in [6.07, 6.45) is 3.92. The Kier molecular flexibility index (Phi) is 8.34. The van der Waals surface area contributed by atoms with Gasteiger partial charge >= 0.3 is 0 Å². The summed E-state index contributed by atoms with van der Waals surface area (Å²) in [5, 5.41) is 3.39. The lowest BCUT2D eigenvalue weighted by atomic mass is 10.0. The summed E-state index contributed by atoms with van der Waals surface area (Å²) in [5.74, 6) is 0.643. The highest BCUT2D eigenvalue weighted by Crippen LogP contribution is 2.10. The highest BCUT2D eigenvalue weighted by Gasteiger charge is 2.17. The van der Waals surface area contributed by atoms with Crippen LogP contribution in [0.5, 0.6) is 0 Å². The van der Waals surface area contributed by atoms with Gasteiger partial charge in [-0.1, -0.05) is 26.0 Å². The molecule has 1 N–H and O–H groups in total. The van der Waals surface area contributed by atoms with Crippen LogP contribution in [0.25, 0.3) is 0 Å². The fourth-order valence-electron chi connectivity index (χ4n) is 1.64. The summed E-state index contributed by atoms with van der Waals surface area (Å²) >= 11 is 0. The van der Waals surface area contributed by atoms with Crippen LogP contribution in [-0.4, -0.2) is 37.1 Å². The molecule has 0 bridgehead atoms. The summed E-state index contributed by atoms with van der Waals surface area (Å²) in [7, 11) is 0. The number of hydrogen-bond donors (Lipinski definition) is 1. The van der Waals surface area contributed by atoms with Crippen LogP contribution in [0.3, 0.4) is 0 Å². The van der Waals surface area contributed by atoms with Crippen molar-refractivity contribution in [2.45, 2.75) is 26.8 Å². The highest BCUT2D eigenvalue weighted by atomic mass is 15.1. The zero-order chi connectivity index (χ0) is 11.7. The van der Waals surface area contributed by atoms with Crippen LogP contribution in [0.2, 0.25) is 0 Å². The van der Waals surface area contributed by atoms with Gasteiger partial charge in [0.2, 0.25) is 0 Å². The lowest BCUT2D eigenvalue weighted by Crippen LogP contribution is -2.41. The van der Waals surface area contributed by atoms with Crippen LogP contribution in [0.15, 0.2) is 25.3 Å². The molecule has 0 aromatic heterocycles. The predicted octanol–water partition coefficient (Wildman–Crippen LogP) is 2.29. The van der Waals surface area contributed by atoms with E-state index < -0.39 is 0 Å². The molecule has 0 spiro atoms. The van der Waals surface area contributed by atoms with Gasteiger partial charge in [-0.05, 0) is 25.9 Å². The van der Waals surface area contributed by atoms with E-state index in [-0.39, 0.29) is 0 Å². The number of nitrogens with one attached hydrogen (secondary N) is 1. The summed E-state index contributed by atoms with van der Waals surface area (Å²) in [6.45, 7) is 18.3. The molecule has 0 fully saturated rings. The maximum atomic E-state index is 3.80. The first-order valence-corrected chi connectivity index (χ1v) is 5.83. The molecule has 0 aliphatic carbocycles. The maximum absolute atomic E-state index is 3.80. The second-order valence-corrected chi connectivity index (χ2v) is 4.06. The fourth-order valence-corrected chi connectivity index (χ4v) is 1.64. The van der Waals surface area contributed by atoms with Crippen LogP contribution in [-0.2, 0) is 0 Å². The molecule has 0 aromatic rings. The minimum atomic E-state index is 0.556. The summed E-state index contributed by atoms with van der Waals surface area (Å²) < 4.78 is 0. The van der Waals surface area contributed by atoms with E-state index in [4.69, 9.17) is 0 Å². The Labute approximate surface area is 95.0 Å². The number of nitrogens with zero attached hydrogens (tertiary/aromatic N) is 1. The molecule has 0 saturated heterocycles. The molecule has 2 atom stereocenters. The molecule has 2 heteroatoms. The van der Waals surface area contributed by atoms with Gasteiger partial charge in [0.15, 0.2) is 0 Å². The molecule has 0 aliphatic rings. The maximum Gasteiger partial charge on any atom is 0.0166 e. The predicted molar refractivity (Wildman–Crippen MR) is 69.1 cm³/mol. The van der Waals surface area contributed by atoms with Gasteiger partial charge < -0.3 is 5.32 Å². The van der Waals surface area contributed by atoms with E-state index in [9.17, 15) is 0 Å². The lowest BCUT2D eigenvalue weighted by molar-refractivity contribution is 0.194. The fraction of sp³-hybridized carbons (Fsp3) is 0.692. The second kappa shape index (κ2) is 8.69. The van der Waals surface area contributed by atoms with Crippen molar-refractivity contribution in [2.24, 2.45) is 5.92 Å². The van der Waals surface area contributed by atoms with E-state index in [1.807, 2.05) is 12.2 Å². The number of hydrogen-bond acceptors (Lipinski definition) is 2. The Morgan fingerprint density at radius 3 is 2.13 bits per heavy atom. The Morgan fingerprint density at radius 1 is 1.20 bits per heavy atom. The first-order valence-electron chi connectivity index (χ1n) is 5.83. The summed E-state index contributed by atoms with van der Waals surface area (Å²) in [5.41, 5.74) is 0. The first-order chi connectivity index (χ1) is 7.17. The molecule has 2 unspecified atom stereocenters. The van der Waals surface area contributed by atoms with Gasteiger partial charge in [-0.2, -0.15) is 0 Å². The van der Waals surface area contributed by atoms with Crippen molar-refractivity contribution in [3.05, 3.63) is 25.3 Å². The molecule has 0 radical (unpaired) electrons. The average Bonchev–Trinajstić information content (AvgIpc) is 2.24. The van der Waals surface area contributed by atoms with Crippen LogP contribution in [0.4, 0.5) is 0 Å². The van der Waals surface area contributed by atoms with E-state index in [1.54, 1.807) is 0 Å². The normalized spacial score (nSPS) is 14.9. The smallest absolute Gasteiger partial charge is 0.0166 e. The third-order valence-electron chi connectivity index (χ3n) is 2.84. The molecule has 0 heterocycles. The van der Waals surface area contributed by atoms with Gasteiger partial charge in [0.1, 0.15) is 0 Å². The molecule has 0 amide bonds. The van der Waals surface area contributed by atoms with Crippen LogP contribution in [0, 0.1) is 5.92 Å². The van der Waals surface area contributed by atoms with Gasteiger partial charge in [0, 0.05) is 19.1 Å². The Morgan fingerprint density at radius 2 is 1.73 bits per heavy atom. The van der Waals surface area contributed by atoms with E-state index in [0.717, 1.165) is 26.2 Å². The van der Waals surface area contributed by atoms with Crippen LogP contribution in [0.1, 0.15) is 20.8 Å². The third-order valence-corrected chi connectivity index (χ3v) is 2.84. The summed E-state index contributed by atoms with van der Waals surface area (Å²) in [6, 6.07) is 0.556. The zero-order valence-corrected chi connectivity index (χ0v) is 10.5. The highest BCUT2D eigenvalue weighted by molar-refractivity contribution is 4.85. The van der Waals surface area contributed by atoms with E-state index in [0.29, 0.717) is 12.0 Å². The van der Waals surface area contributed by atoms with Gasteiger partial charge in [0.25, 0.3) is 0 Å². The quantitative estimate of drug-likeness (QED) is 0.587. The van der Waals surface area contributed by atoms with Crippen molar-refractivity contribution in [2.75, 3.05) is 26.2 Å². The minimum Gasteiger partial charge on any atom is -0.317 e. The standard InChI is InChI=1S/C13H26N2/c1-6-9-15(10-7-2)13(5)12(4)11-14-8-3/h6-7,12-14H,1-2,8-11H2,3-5H3. The van der Waals surface area contributed by atoms with Crippen molar-refractivity contribution in [3.63, 3.8) is 0 Å². The Balaban J connectivity index is 4.13. The SMILES string of the molecule is C=CCN(CC=C)C(C)C(C)CNCC. The molecule has 0 rings (SSSR count). The van der Waals surface area contributed by atoms with Gasteiger partial charge in [-0.3, -0.25) is 4.90 Å². The number of rotatable bonds is 9. The minimum absolute atomic E-state index is 0.556. The molecular formula is C13H26N2. The molecule has 0 aromatic carbocycles. The van der Waals surface area contributed by atoms with E-state index in [2.05, 4.69) is 44.1 Å². The monoisotopic (exact) mass is 210 g/mol. The lowest BCUT2D eigenvalue weighted by Gasteiger charge is -2.31. The van der Waals surface area contributed by atoms with Crippen LogP contribution < -0.4 is 5.32 Å².